The van der Waals surface area contributed by atoms with Gasteiger partial charge in [0.05, 0.1) is 11.7 Å². The highest BCUT2D eigenvalue weighted by atomic mass is 15.1. The SMILES string of the molecule is CCCCCCC(C)Nc1ccc2cn[nH]c2c1. The second kappa shape index (κ2) is 6.43. The molecule has 0 saturated carbocycles. The molecule has 0 aliphatic carbocycles. The second-order valence-electron chi connectivity index (χ2n) is 5.07. The van der Waals surface area contributed by atoms with Gasteiger partial charge in [-0.1, -0.05) is 32.6 Å². The summed E-state index contributed by atoms with van der Waals surface area (Å²) >= 11 is 0. The molecule has 18 heavy (non-hydrogen) atoms. The summed E-state index contributed by atoms with van der Waals surface area (Å²) in [5, 5.41) is 11.8. The summed E-state index contributed by atoms with van der Waals surface area (Å²) in [5.41, 5.74) is 2.27. The number of nitrogens with one attached hydrogen (secondary N) is 2. The van der Waals surface area contributed by atoms with Crippen molar-refractivity contribution in [1.29, 1.82) is 0 Å². The normalized spacial score (nSPS) is 12.8. The molecule has 98 valence electrons. The van der Waals surface area contributed by atoms with Crippen LogP contribution in [0.1, 0.15) is 46.0 Å². The third kappa shape index (κ3) is 3.49. The smallest absolute Gasteiger partial charge is 0.0670 e. The summed E-state index contributed by atoms with van der Waals surface area (Å²) in [4.78, 5) is 0. The van der Waals surface area contributed by atoms with E-state index >= 15 is 0 Å². The average molecular weight is 245 g/mol. The van der Waals surface area contributed by atoms with Gasteiger partial charge in [-0.15, -0.1) is 0 Å². The van der Waals surface area contributed by atoms with E-state index < -0.39 is 0 Å². The summed E-state index contributed by atoms with van der Waals surface area (Å²) in [5.74, 6) is 0. The van der Waals surface area contributed by atoms with Gasteiger partial charge in [0.25, 0.3) is 0 Å². The van der Waals surface area contributed by atoms with E-state index in [1.807, 2.05) is 6.20 Å². The van der Waals surface area contributed by atoms with Gasteiger partial charge < -0.3 is 5.32 Å². The van der Waals surface area contributed by atoms with Gasteiger partial charge >= 0.3 is 0 Å². The molecule has 1 atom stereocenters. The van der Waals surface area contributed by atoms with Crippen molar-refractivity contribution >= 4 is 16.6 Å². The summed E-state index contributed by atoms with van der Waals surface area (Å²) in [6, 6.07) is 6.89. The van der Waals surface area contributed by atoms with Crippen molar-refractivity contribution in [1.82, 2.24) is 10.2 Å². The summed E-state index contributed by atoms with van der Waals surface area (Å²) < 4.78 is 0. The van der Waals surface area contributed by atoms with E-state index in [4.69, 9.17) is 0 Å². The maximum absolute atomic E-state index is 4.04. The molecular formula is C15H23N3. The molecule has 3 nitrogen and oxygen atoms in total. The number of nitrogens with zero attached hydrogens (tertiary/aromatic N) is 1. The molecule has 2 rings (SSSR count). The highest BCUT2D eigenvalue weighted by molar-refractivity contribution is 5.81. The molecule has 0 fully saturated rings. The van der Waals surface area contributed by atoms with Crippen LogP contribution < -0.4 is 5.32 Å². The zero-order valence-electron chi connectivity index (χ0n) is 11.4. The van der Waals surface area contributed by atoms with Crippen molar-refractivity contribution in [3.63, 3.8) is 0 Å². The minimum atomic E-state index is 0.530. The molecule has 1 aromatic carbocycles. The van der Waals surface area contributed by atoms with Gasteiger partial charge in [0, 0.05) is 17.1 Å². The first-order valence-electron chi connectivity index (χ1n) is 6.99. The zero-order valence-corrected chi connectivity index (χ0v) is 11.4. The molecule has 1 heterocycles. The van der Waals surface area contributed by atoms with Crippen LogP contribution in [0.25, 0.3) is 10.9 Å². The van der Waals surface area contributed by atoms with Crippen LogP contribution in [0.2, 0.25) is 0 Å². The fourth-order valence-electron chi connectivity index (χ4n) is 2.26. The van der Waals surface area contributed by atoms with E-state index in [9.17, 15) is 0 Å². The van der Waals surface area contributed by atoms with Crippen molar-refractivity contribution in [3.05, 3.63) is 24.4 Å². The van der Waals surface area contributed by atoms with E-state index in [1.165, 1.54) is 37.8 Å². The molecule has 2 N–H and O–H groups in total. The minimum absolute atomic E-state index is 0.530. The predicted octanol–water partition coefficient (Wildman–Crippen LogP) is 4.33. The summed E-state index contributed by atoms with van der Waals surface area (Å²) in [6.45, 7) is 4.50. The maximum atomic E-state index is 4.04. The highest BCUT2D eigenvalue weighted by Gasteiger charge is 2.03. The van der Waals surface area contributed by atoms with Crippen LogP contribution in [0.15, 0.2) is 24.4 Å². The number of rotatable bonds is 7. The number of benzene rings is 1. The Hall–Kier alpha value is -1.51. The molecule has 1 aromatic heterocycles. The Kier molecular flexibility index (Phi) is 4.62. The van der Waals surface area contributed by atoms with Gasteiger partial charge in [-0.25, -0.2) is 0 Å². The number of fused-ring (bicyclic) bond motifs is 1. The Morgan fingerprint density at radius 1 is 1.28 bits per heavy atom. The Balaban J connectivity index is 1.84. The molecular weight excluding hydrogens is 222 g/mol. The van der Waals surface area contributed by atoms with Crippen molar-refractivity contribution in [2.24, 2.45) is 0 Å². The topological polar surface area (TPSA) is 40.7 Å². The Morgan fingerprint density at radius 3 is 3.00 bits per heavy atom. The third-order valence-electron chi connectivity index (χ3n) is 3.35. The lowest BCUT2D eigenvalue weighted by atomic mass is 10.1. The van der Waals surface area contributed by atoms with Gasteiger partial charge in [0.15, 0.2) is 0 Å². The monoisotopic (exact) mass is 245 g/mol. The number of aromatic nitrogens is 2. The van der Waals surface area contributed by atoms with Crippen LogP contribution in [-0.2, 0) is 0 Å². The Bertz CT molecular complexity index is 475. The molecule has 0 bridgehead atoms. The van der Waals surface area contributed by atoms with E-state index in [2.05, 4.69) is 47.6 Å². The maximum Gasteiger partial charge on any atom is 0.0670 e. The minimum Gasteiger partial charge on any atom is -0.383 e. The summed E-state index contributed by atoms with van der Waals surface area (Å²) in [6.07, 6.45) is 8.41. The summed E-state index contributed by atoms with van der Waals surface area (Å²) in [7, 11) is 0. The van der Waals surface area contributed by atoms with Crippen molar-refractivity contribution in [2.45, 2.75) is 52.0 Å². The fraction of sp³-hybridized carbons (Fsp3) is 0.533. The first kappa shape index (κ1) is 12.9. The second-order valence-corrected chi connectivity index (χ2v) is 5.07. The number of hydrogen-bond acceptors (Lipinski definition) is 2. The lowest BCUT2D eigenvalue weighted by Crippen LogP contribution is -2.14. The number of anilines is 1. The van der Waals surface area contributed by atoms with Crippen LogP contribution in [0.5, 0.6) is 0 Å². The molecule has 2 aromatic rings. The number of H-pyrrole nitrogens is 1. The first-order chi connectivity index (χ1) is 8.79. The van der Waals surface area contributed by atoms with Gasteiger partial charge in [-0.05, 0) is 31.5 Å². The molecule has 3 heteroatoms. The van der Waals surface area contributed by atoms with E-state index in [1.54, 1.807) is 0 Å². The predicted molar refractivity (Wildman–Crippen MR) is 77.9 cm³/mol. The standard InChI is InChI=1S/C15H23N3/c1-3-4-5-6-7-12(2)17-14-9-8-13-11-16-18-15(13)10-14/h8-12,17H,3-7H2,1-2H3,(H,16,18). The van der Waals surface area contributed by atoms with Crippen molar-refractivity contribution in [2.75, 3.05) is 5.32 Å². The number of aromatic amines is 1. The quantitative estimate of drug-likeness (QED) is 0.713. The van der Waals surface area contributed by atoms with Crippen LogP contribution in [0.3, 0.4) is 0 Å². The highest BCUT2D eigenvalue weighted by Crippen LogP contribution is 2.18. The largest absolute Gasteiger partial charge is 0.383 e. The van der Waals surface area contributed by atoms with Gasteiger partial charge in [0.2, 0.25) is 0 Å². The van der Waals surface area contributed by atoms with Crippen molar-refractivity contribution < 1.29 is 0 Å². The van der Waals surface area contributed by atoms with Crippen LogP contribution >= 0.6 is 0 Å². The zero-order chi connectivity index (χ0) is 12.8. The van der Waals surface area contributed by atoms with Crippen LogP contribution in [0.4, 0.5) is 5.69 Å². The van der Waals surface area contributed by atoms with E-state index in [0.29, 0.717) is 6.04 Å². The Morgan fingerprint density at radius 2 is 2.17 bits per heavy atom. The van der Waals surface area contributed by atoms with E-state index in [-0.39, 0.29) is 0 Å². The lowest BCUT2D eigenvalue weighted by molar-refractivity contribution is 0.594. The molecule has 0 aliphatic rings. The van der Waals surface area contributed by atoms with Crippen molar-refractivity contribution in [3.8, 4) is 0 Å². The first-order valence-corrected chi connectivity index (χ1v) is 6.99. The molecule has 0 radical (unpaired) electrons. The molecule has 0 amide bonds. The van der Waals surface area contributed by atoms with Gasteiger partial charge in [0.1, 0.15) is 0 Å². The van der Waals surface area contributed by atoms with Crippen LogP contribution in [-0.4, -0.2) is 16.2 Å². The molecule has 0 spiro atoms. The third-order valence-corrected chi connectivity index (χ3v) is 3.35. The Labute approximate surface area is 109 Å². The van der Waals surface area contributed by atoms with Gasteiger partial charge in [-0.3, -0.25) is 5.10 Å². The van der Waals surface area contributed by atoms with Crippen LogP contribution in [0, 0.1) is 0 Å². The number of unbranched alkanes of at least 4 members (excludes halogenated alkanes) is 3. The van der Waals surface area contributed by atoms with E-state index in [0.717, 1.165) is 10.9 Å². The number of hydrogen-bond donors (Lipinski definition) is 2. The molecule has 0 aliphatic heterocycles. The van der Waals surface area contributed by atoms with Gasteiger partial charge in [-0.2, -0.15) is 5.10 Å². The lowest BCUT2D eigenvalue weighted by Gasteiger charge is -2.15. The molecule has 1 unspecified atom stereocenters. The average Bonchev–Trinajstić information content (AvgIpc) is 2.82. The molecule has 0 saturated heterocycles. The fourth-order valence-corrected chi connectivity index (χ4v) is 2.26.